The van der Waals surface area contributed by atoms with Crippen molar-refractivity contribution in [1.29, 1.82) is 0 Å². The van der Waals surface area contributed by atoms with Crippen LogP contribution in [0.4, 0.5) is 0 Å². The molecule has 0 spiro atoms. The van der Waals surface area contributed by atoms with E-state index >= 15 is 0 Å². The SMILES string of the molecule is CN(C(=O)CC(N)c1ccccc1)C1CCc2ccccc21.Cl. The Bertz CT molecular complexity index is 659. The molecule has 23 heavy (non-hydrogen) atoms. The lowest BCUT2D eigenvalue weighted by Gasteiger charge is -2.27. The lowest BCUT2D eigenvalue weighted by molar-refractivity contribution is -0.132. The number of halogens is 1. The van der Waals surface area contributed by atoms with Gasteiger partial charge in [-0.3, -0.25) is 4.79 Å². The summed E-state index contributed by atoms with van der Waals surface area (Å²) in [5, 5.41) is 0. The van der Waals surface area contributed by atoms with Gasteiger partial charge in [0, 0.05) is 19.5 Å². The molecule has 0 heterocycles. The minimum absolute atomic E-state index is 0. The van der Waals surface area contributed by atoms with Gasteiger partial charge in [-0.25, -0.2) is 0 Å². The van der Waals surface area contributed by atoms with Crippen LogP contribution >= 0.6 is 12.4 Å². The Morgan fingerprint density at radius 3 is 2.57 bits per heavy atom. The van der Waals surface area contributed by atoms with E-state index in [1.807, 2.05) is 48.3 Å². The van der Waals surface area contributed by atoms with Crippen molar-refractivity contribution in [1.82, 2.24) is 4.90 Å². The molecular weight excluding hydrogens is 308 g/mol. The monoisotopic (exact) mass is 330 g/mol. The van der Waals surface area contributed by atoms with Crippen molar-refractivity contribution < 1.29 is 4.79 Å². The zero-order chi connectivity index (χ0) is 15.5. The molecule has 2 N–H and O–H groups in total. The summed E-state index contributed by atoms with van der Waals surface area (Å²) in [7, 11) is 1.90. The Balaban J connectivity index is 0.00000192. The van der Waals surface area contributed by atoms with E-state index in [0.717, 1.165) is 18.4 Å². The molecule has 0 radical (unpaired) electrons. The van der Waals surface area contributed by atoms with Crippen LogP contribution in [-0.4, -0.2) is 17.9 Å². The number of benzene rings is 2. The summed E-state index contributed by atoms with van der Waals surface area (Å²) >= 11 is 0. The van der Waals surface area contributed by atoms with Gasteiger partial charge in [0.05, 0.1) is 6.04 Å². The summed E-state index contributed by atoms with van der Waals surface area (Å²) in [5.41, 5.74) is 9.83. The Labute approximate surface area is 143 Å². The number of nitrogens with zero attached hydrogens (tertiary/aromatic N) is 1. The maximum Gasteiger partial charge on any atom is 0.224 e. The van der Waals surface area contributed by atoms with Crippen molar-refractivity contribution in [2.45, 2.75) is 31.3 Å². The van der Waals surface area contributed by atoms with Gasteiger partial charge in [-0.15, -0.1) is 12.4 Å². The van der Waals surface area contributed by atoms with Crippen molar-refractivity contribution >= 4 is 18.3 Å². The molecule has 1 aliphatic carbocycles. The molecule has 2 atom stereocenters. The molecule has 122 valence electrons. The average Bonchev–Trinajstić information content (AvgIpc) is 2.99. The van der Waals surface area contributed by atoms with Crippen LogP contribution in [0, 0.1) is 0 Å². The van der Waals surface area contributed by atoms with E-state index in [1.165, 1.54) is 11.1 Å². The first-order chi connectivity index (χ1) is 10.7. The van der Waals surface area contributed by atoms with Crippen LogP contribution < -0.4 is 5.73 Å². The fourth-order valence-electron chi connectivity index (χ4n) is 3.26. The van der Waals surface area contributed by atoms with Gasteiger partial charge >= 0.3 is 0 Å². The topological polar surface area (TPSA) is 46.3 Å². The van der Waals surface area contributed by atoms with E-state index < -0.39 is 0 Å². The van der Waals surface area contributed by atoms with Crippen LogP contribution in [-0.2, 0) is 11.2 Å². The maximum atomic E-state index is 12.6. The molecule has 2 unspecified atom stereocenters. The van der Waals surface area contributed by atoms with Gasteiger partial charge in [-0.05, 0) is 29.5 Å². The Morgan fingerprint density at radius 2 is 1.83 bits per heavy atom. The van der Waals surface area contributed by atoms with E-state index in [9.17, 15) is 4.79 Å². The highest BCUT2D eigenvalue weighted by atomic mass is 35.5. The summed E-state index contributed by atoms with van der Waals surface area (Å²) in [6, 6.07) is 18.2. The number of rotatable bonds is 4. The van der Waals surface area contributed by atoms with Gasteiger partial charge in [-0.2, -0.15) is 0 Å². The smallest absolute Gasteiger partial charge is 0.224 e. The first kappa shape index (κ1) is 17.5. The highest BCUT2D eigenvalue weighted by Gasteiger charge is 2.28. The molecule has 2 aromatic carbocycles. The molecule has 2 aromatic rings. The molecular formula is C19H23ClN2O. The van der Waals surface area contributed by atoms with Gasteiger partial charge in [0.1, 0.15) is 0 Å². The lowest BCUT2D eigenvalue weighted by atomic mass is 10.0. The van der Waals surface area contributed by atoms with Crippen molar-refractivity contribution in [2.24, 2.45) is 5.73 Å². The largest absolute Gasteiger partial charge is 0.339 e. The first-order valence-electron chi connectivity index (χ1n) is 7.81. The predicted molar refractivity (Wildman–Crippen MR) is 95.5 cm³/mol. The summed E-state index contributed by atoms with van der Waals surface area (Å²) < 4.78 is 0. The van der Waals surface area contributed by atoms with Gasteiger partial charge in [0.25, 0.3) is 0 Å². The number of hydrogen-bond donors (Lipinski definition) is 1. The quantitative estimate of drug-likeness (QED) is 0.930. The Kier molecular flexibility index (Phi) is 5.80. The van der Waals surface area contributed by atoms with Crippen LogP contribution in [0.2, 0.25) is 0 Å². The summed E-state index contributed by atoms with van der Waals surface area (Å²) in [5.74, 6) is 0.109. The highest BCUT2D eigenvalue weighted by Crippen LogP contribution is 2.35. The predicted octanol–water partition coefficient (Wildman–Crippen LogP) is 3.64. The van der Waals surface area contributed by atoms with E-state index in [-0.39, 0.29) is 30.4 Å². The van der Waals surface area contributed by atoms with Crippen LogP contribution in [0.15, 0.2) is 54.6 Å². The van der Waals surface area contributed by atoms with Crippen LogP contribution in [0.1, 0.15) is 41.6 Å². The van der Waals surface area contributed by atoms with E-state index in [1.54, 1.807) is 0 Å². The summed E-state index contributed by atoms with van der Waals surface area (Å²) in [4.78, 5) is 14.4. The molecule has 3 rings (SSSR count). The normalized spacial score (nSPS) is 17.0. The Morgan fingerprint density at radius 1 is 1.17 bits per heavy atom. The zero-order valence-electron chi connectivity index (χ0n) is 13.3. The minimum Gasteiger partial charge on any atom is -0.339 e. The van der Waals surface area contributed by atoms with Gasteiger partial charge < -0.3 is 10.6 Å². The first-order valence-corrected chi connectivity index (χ1v) is 7.81. The second-order valence-electron chi connectivity index (χ2n) is 5.98. The molecule has 1 aliphatic rings. The Hall–Kier alpha value is -1.84. The van der Waals surface area contributed by atoms with Crippen LogP contribution in [0.5, 0.6) is 0 Å². The van der Waals surface area contributed by atoms with Crippen LogP contribution in [0.3, 0.4) is 0 Å². The van der Waals surface area contributed by atoms with Crippen molar-refractivity contribution in [2.75, 3.05) is 7.05 Å². The molecule has 0 fully saturated rings. The van der Waals surface area contributed by atoms with Crippen molar-refractivity contribution in [3.8, 4) is 0 Å². The molecule has 1 amide bonds. The second kappa shape index (κ2) is 7.62. The van der Waals surface area contributed by atoms with Crippen molar-refractivity contribution in [3.63, 3.8) is 0 Å². The van der Waals surface area contributed by atoms with Crippen molar-refractivity contribution in [3.05, 3.63) is 71.3 Å². The molecule has 0 saturated carbocycles. The molecule has 4 heteroatoms. The molecule has 3 nitrogen and oxygen atoms in total. The molecule has 0 saturated heterocycles. The molecule has 0 aromatic heterocycles. The maximum absolute atomic E-state index is 12.6. The summed E-state index contributed by atoms with van der Waals surface area (Å²) in [6.07, 6.45) is 2.39. The average molecular weight is 331 g/mol. The number of carbonyl (C=O) groups excluding carboxylic acids is 1. The third-order valence-electron chi connectivity index (χ3n) is 4.58. The van der Waals surface area contributed by atoms with E-state index in [2.05, 4.69) is 18.2 Å². The zero-order valence-corrected chi connectivity index (χ0v) is 14.1. The number of aryl methyl sites for hydroxylation is 1. The van der Waals surface area contributed by atoms with E-state index in [0.29, 0.717) is 6.42 Å². The second-order valence-corrected chi connectivity index (χ2v) is 5.98. The lowest BCUT2D eigenvalue weighted by Crippen LogP contribution is -2.32. The third-order valence-corrected chi connectivity index (χ3v) is 4.58. The summed E-state index contributed by atoms with van der Waals surface area (Å²) in [6.45, 7) is 0. The minimum atomic E-state index is -0.243. The van der Waals surface area contributed by atoms with Gasteiger partial charge in [0.15, 0.2) is 0 Å². The number of carbonyl (C=O) groups is 1. The standard InChI is InChI=1S/C19H22N2O.ClH/c1-21(18-12-11-14-7-5-6-10-16(14)18)19(22)13-17(20)15-8-3-2-4-9-15;/h2-10,17-18H,11-13,20H2,1H3;1H. The van der Waals surface area contributed by atoms with E-state index in [4.69, 9.17) is 5.73 Å². The number of nitrogens with two attached hydrogens (primary N) is 1. The van der Waals surface area contributed by atoms with Gasteiger partial charge in [0.2, 0.25) is 5.91 Å². The third kappa shape index (κ3) is 3.74. The molecule has 0 aliphatic heterocycles. The number of amides is 1. The van der Waals surface area contributed by atoms with Crippen LogP contribution in [0.25, 0.3) is 0 Å². The fraction of sp³-hybridized carbons (Fsp3) is 0.316. The number of hydrogen-bond acceptors (Lipinski definition) is 2. The van der Waals surface area contributed by atoms with Gasteiger partial charge in [-0.1, -0.05) is 54.6 Å². The highest BCUT2D eigenvalue weighted by molar-refractivity contribution is 5.85. The fourth-order valence-corrected chi connectivity index (χ4v) is 3.26. The molecule has 0 bridgehead atoms. The number of fused-ring (bicyclic) bond motifs is 1.